The molecule has 0 aliphatic rings. The Bertz CT molecular complexity index is 367. The molecule has 1 N–H and O–H groups in total. The van der Waals surface area contributed by atoms with Crippen LogP contribution in [0, 0.1) is 0 Å². The van der Waals surface area contributed by atoms with E-state index < -0.39 is 5.54 Å². The number of hydrogen-bond acceptors (Lipinski definition) is 5. The van der Waals surface area contributed by atoms with Gasteiger partial charge in [0.15, 0.2) is 5.54 Å². The lowest BCUT2D eigenvalue weighted by atomic mass is 9.97. The minimum absolute atomic E-state index is 0.131. The zero-order valence-electron chi connectivity index (χ0n) is 10.7. The number of rotatable bonds is 5. The highest BCUT2D eigenvalue weighted by Crippen LogP contribution is 2.20. The Morgan fingerprint density at radius 3 is 2.71 bits per heavy atom. The van der Waals surface area contributed by atoms with Crippen LogP contribution in [0.3, 0.4) is 0 Å². The molecule has 17 heavy (non-hydrogen) atoms. The number of carbonyl (C=O) groups excluding carboxylic acids is 1. The fourth-order valence-corrected chi connectivity index (χ4v) is 1.65. The monoisotopic (exact) mass is 237 g/mol. The molecule has 0 fully saturated rings. The van der Waals surface area contributed by atoms with Crippen molar-refractivity contribution in [3.05, 3.63) is 24.3 Å². The SMILES string of the molecule is CCOC(=O)C(C)(NC(C)C)c1cnccn1. The van der Waals surface area contributed by atoms with Crippen LogP contribution in [0.2, 0.25) is 0 Å². The lowest BCUT2D eigenvalue weighted by molar-refractivity contribution is -0.151. The molecule has 1 aromatic heterocycles. The van der Waals surface area contributed by atoms with Crippen molar-refractivity contribution in [1.29, 1.82) is 0 Å². The normalized spacial score (nSPS) is 14.4. The lowest BCUT2D eigenvalue weighted by Crippen LogP contribution is -2.51. The standard InChI is InChI=1S/C12H19N3O2/c1-5-17-11(16)12(4,15-9(2)3)10-8-13-6-7-14-10/h6-9,15H,5H2,1-4H3. The maximum atomic E-state index is 12.0. The summed E-state index contributed by atoms with van der Waals surface area (Å²) in [6.45, 7) is 7.82. The fourth-order valence-electron chi connectivity index (χ4n) is 1.65. The lowest BCUT2D eigenvalue weighted by Gasteiger charge is -2.29. The number of nitrogens with zero attached hydrogens (tertiary/aromatic N) is 2. The summed E-state index contributed by atoms with van der Waals surface area (Å²) in [7, 11) is 0. The summed E-state index contributed by atoms with van der Waals surface area (Å²) in [6.07, 6.45) is 4.71. The van der Waals surface area contributed by atoms with Gasteiger partial charge in [0.05, 0.1) is 18.5 Å². The molecule has 1 atom stereocenters. The Kier molecular flexibility index (Phi) is 4.57. The Morgan fingerprint density at radius 1 is 1.53 bits per heavy atom. The Morgan fingerprint density at radius 2 is 2.24 bits per heavy atom. The maximum absolute atomic E-state index is 12.0. The van der Waals surface area contributed by atoms with E-state index in [1.807, 2.05) is 13.8 Å². The minimum Gasteiger partial charge on any atom is -0.464 e. The molecule has 94 valence electrons. The summed E-state index contributed by atoms with van der Waals surface area (Å²) in [5.74, 6) is -0.339. The Balaban J connectivity index is 3.06. The molecule has 0 bridgehead atoms. The molecule has 1 heterocycles. The molecule has 0 radical (unpaired) electrons. The van der Waals surface area contributed by atoms with Gasteiger partial charge in [-0.2, -0.15) is 0 Å². The van der Waals surface area contributed by atoms with Crippen LogP contribution in [0.1, 0.15) is 33.4 Å². The zero-order chi connectivity index (χ0) is 12.9. The summed E-state index contributed by atoms with van der Waals surface area (Å²) in [5, 5.41) is 3.18. The van der Waals surface area contributed by atoms with E-state index in [9.17, 15) is 4.79 Å². The van der Waals surface area contributed by atoms with Crippen LogP contribution in [0.4, 0.5) is 0 Å². The van der Waals surface area contributed by atoms with Crippen molar-refractivity contribution in [2.75, 3.05) is 6.61 Å². The minimum atomic E-state index is -0.960. The van der Waals surface area contributed by atoms with Gasteiger partial charge in [0.2, 0.25) is 0 Å². The molecule has 5 heteroatoms. The van der Waals surface area contributed by atoms with Crippen LogP contribution < -0.4 is 5.32 Å². The van der Waals surface area contributed by atoms with E-state index >= 15 is 0 Å². The number of nitrogens with one attached hydrogen (secondary N) is 1. The first-order valence-electron chi connectivity index (χ1n) is 5.72. The Hall–Kier alpha value is -1.49. The molecule has 1 aromatic rings. The molecule has 0 saturated heterocycles. The van der Waals surface area contributed by atoms with Gasteiger partial charge >= 0.3 is 5.97 Å². The molecule has 0 aliphatic heterocycles. The van der Waals surface area contributed by atoms with Gasteiger partial charge < -0.3 is 4.74 Å². The third kappa shape index (κ3) is 3.23. The van der Waals surface area contributed by atoms with Crippen LogP contribution in [0.15, 0.2) is 18.6 Å². The molecular formula is C12H19N3O2. The van der Waals surface area contributed by atoms with Crippen molar-refractivity contribution < 1.29 is 9.53 Å². The molecule has 0 aromatic carbocycles. The molecular weight excluding hydrogens is 218 g/mol. The summed E-state index contributed by atoms with van der Waals surface area (Å²) in [5.41, 5.74) is -0.398. The van der Waals surface area contributed by atoms with E-state index in [2.05, 4.69) is 15.3 Å². The molecule has 0 spiro atoms. The van der Waals surface area contributed by atoms with Gasteiger partial charge in [0.1, 0.15) is 0 Å². The maximum Gasteiger partial charge on any atom is 0.332 e. The first-order chi connectivity index (χ1) is 8.00. The molecule has 0 aliphatic carbocycles. The van der Waals surface area contributed by atoms with E-state index in [0.717, 1.165) is 0 Å². The molecule has 0 saturated carbocycles. The number of ether oxygens (including phenoxy) is 1. The first kappa shape index (κ1) is 13.6. The van der Waals surface area contributed by atoms with Crippen molar-refractivity contribution in [3.8, 4) is 0 Å². The van der Waals surface area contributed by atoms with Gasteiger partial charge in [-0.25, -0.2) is 4.79 Å². The van der Waals surface area contributed by atoms with Gasteiger partial charge in [0, 0.05) is 18.4 Å². The number of esters is 1. The number of aromatic nitrogens is 2. The summed E-state index contributed by atoms with van der Waals surface area (Å²) < 4.78 is 5.09. The van der Waals surface area contributed by atoms with Crippen molar-refractivity contribution in [1.82, 2.24) is 15.3 Å². The smallest absolute Gasteiger partial charge is 0.332 e. The quantitative estimate of drug-likeness (QED) is 0.781. The highest BCUT2D eigenvalue weighted by molar-refractivity contribution is 5.81. The van der Waals surface area contributed by atoms with Crippen molar-refractivity contribution in [3.63, 3.8) is 0 Å². The number of carbonyl (C=O) groups is 1. The first-order valence-corrected chi connectivity index (χ1v) is 5.72. The molecule has 0 amide bonds. The third-order valence-electron chi connectivity index (χ3n) is 2.34. The van der Waals surface area contributed by atoms with Crippen molar-refractivity contribution >= 4 is 5.97 Å². The predicted octanol–water partition coefficient (Wildman–Crippen LogP) is 1.25. The Labute approximate surface area is 102 Å². The van der Waals surface area contributed by atoms with Crippen molar-refractivity contribution in [2.45, 2.75) is 39.3 Å². The average Bonchev–Trinajstić information content (AvgIpc) is 2.29. The van der Waals surface area contributed by atoms with Gasteiger partial charge in [-0.3, -0.25) is 15.3 Å². The topological polar surface area (TPSA) is 64.1 Å². The second kappa shape index (κ2) is 5.72. The van der Waals surface area contributed by atoms with Crippen LogP contribution in [-0.2, 0) is 15.1 Å². The summed E-state index contributed by atoms with van der Waals surface area (Å²) >= 11 is 0. The van der Waals surface area contributed by atoms with Crippen LogP contribution in [0.5, 0.6) is 0 Å². The van der Waals surface area contributed by atoms with Crippen LogP contribution >= 0.6 is 0 Å². The fraction of sp³-hybridized carbons (Fsp3) is 0.583. The van der Waals surface area contributed by atoms with Gasteiger partial charge in [-0.15, -0.1) is 0 Å². The second-order valence-corrected chi connectivity index (χ2v) is 4.24. The third-order valence-corrected chi connectivity index (χ3v) is 2.34. The van der Waals surface area contributed by atoms with Crippen molar-refractivity contribution in [2.24, 2.45) is 0 Å². The van der Waals surface area contributed by atoms with Gasteiger partial charge in [-0.1, -0.05) is 0 Å². The van der Waals surface area contributed by atoms with Gasteiger partial charge in [-0.05, 0) is 27.7 Å². The van der Waals surface area contributed by atoms with E-state index in [1.165, 1.54) is 0 Å². The van der Waals surface area contributed by atoms with Crippen LogP contribution in [0.25, 0.3) is 0 Å². The highest BCUT2D eigenvalue weighted by atomic mass is 16.5. The van der Waals surface area contributed by atoms with E-state index in [1.54, 1.807) is 32.4 Å². The number of hydrogen-bond donors (Lipinski definition) is 1. The van der Waals surface area contributed by atoms with E-state index in [0.29, 0.717) is 12.3 Å². The summed E-state index contributed by atoms with van der Waals surface area (Å²) in [4.78, 5) is 20.2. The average molecular weight is 237 g/mol. The predicted molar refractivity (Wildman–Crippen MR) is 64.3 cm³/mol. The second-order valence-electron chi connectivity index (χ2n) is 4.24. The van der Waals surface area contributed by atoms with Crippen LogP contribution in [-0.4, -0.2) is 28.6 Å². The zero-order valence-corrected chi connectivity index (χ0v) is 10.7. The highest BCUT2D eigenvalue weighted by Gasteiger charge is 2.38. The summed E-state index contributed by atoms with van der Waals surface area (Å²) in [6, 6.07) is 0.131. The molecule has 1 unspecified atom stereocenters. The molecule has 1 rings (SSSR count). The van der Waals surface area contributed by atoms with E-state index in [4.69, 9.17) is 4.74 Å². The largest absolute Gasteiger partial charge is 0.464 e. The van der Waals surface area contributed by atoms with E-state index in [-0.39, 0.29) is 12.0 Å². The van der Waals surface area contributed by atoms with Gasteiger partial charge in [0.25, 0.3) is 0 Å². The molecule has 5 nitrogen and oxygen atoms in total.